The fraction of sp³-hybridized carbons (Fsp3) is 0.944. The van der Waals surface area contributed by atoms with Crippen molar-refractivity contribution in [1.82, 2.24) is 10.2 Å². The van der Waals surface area contributed by atoms with Gasteiger partial charge in [0.05, 0.1) is 6.07 Å². The topological polar surface area (TPSA) is 39.1 Å². The minimum Gasteiger partial charge on any atom is -0.297 e. The van der Waals surface area contributed by atoms with Gasteiger partial charge in [-0.2, -0.15) is 5.26 Å². The summed E-state index contributed by atoms with van der Waals surface area (Å²) in [4.78, 5) is 2.76. The molecule has 0 aromatic carbocycles. The van der Waals surface area contributed by atoms with E-state index in [-0.39, 0.29) is 5.54 Å². The van der Waals surface area contributed by atoms with Gasteiger partial charge in [-0.25, -0.2) is 0 Å². The smallest absolute Gasteiger partial charge is 0.108 e. The van der Waals surface area contributed by atoms with Gasteiger partial charge in [0.2, 0.25) is 0 Å². The molecule has 0 spiro atoms. The molecule has 3 atom stereocenters. The molecule has 120 valence electrons. The Balaban J connectivity index is 2.06. The first-order valence-corrected chi connectivity index (χ1v) is 9.05. The van der Waals surface area contributed by atoms with Gasteiger partial charge in [-0.3, -0.25) is 10.2 Å². The van der Waals surface area contributed by atoms with Crippen LogP contribution in [0.5, 0.6) is 0 Å². The molecule has 0 bridgehead atoms. The predicted molar refractivity (Wildman–Crippen MR) is 88.1 cm³/mol. The van der Waals surface area contributed by atoms with Gasteiger partial charge in [-0.05, 0) is 65.3 Å². The van der Waals surface area contributed by atoms with Crippen LogP contribution in [0.15, 0.2) is 0 Å². The fourth-order valence-electron chi connectivity index (χ4n) is 4.49. The Bertz CT molecular complexity index is 358. The van der Waals surface area contributed by atoms with E-state index >= 15 is 0 Å². The van der Waals surface area contributed by atoms with Crippen LogP contribution in [0.1, 0.15) is 78.6 Å². The van der Waals surface area contributed by atoms with Crippen molar-refractivity contribution in [3.05, 3.63) is 0 Å². The second-order valence-electron chi connectivity index (χ2n) is 7.42. The van der Waals surface area contributed by atoms with E-state index in [0.717, 1.165) is 18.9 Å². The average Bonchev–Trinajstić information content (AvgIpc) is 2.48. The second kappa shape index (κ2) is 7.61. The molecule has 0 amide bonds. The summed E-state index contributed by atoms with van der Waals surface area (Å²) in [5.74, 6) is 0. The number of piperidine rings is 1. The van der Waals surface area contributed by atoms with Gasteiger partial charge in [0, 0.05) is 18.1 Å². The van der Waals surface area contributed by atoms with E-state index < -0.39 is 0 Å². The largest absolute Gasteiger partial charge is 0.297 e. The number of hydrogen-bond acceptors (Lipinski definition) is 3. The molecule has 1 N–H and O–H groups in total. The second-order valence-corrected chi connectivity index (χ2v) is 7.42. The highest BCUT2D eigenvalue weighted by Crippen LogP contribution is 2.35. The van der Waals surface area contributed by atoms with Crippen molar-refractivity contribution < 1.29 is 0 Å². The van der Waals surface area contributed by atoms with Crippen molar-refractivity contribution in [2.24, 2.45) is 0 Å². The molecule has 1 saturated heterocycles. The van der Waals surface area contributed by atoms with Crippen LogP contribution in [-0.2, 0) is 0 Å². The normalized spacial score (nSPS) is 34.8. The molecular weight excluding hydrogens is 258 g/mol. The van der Waals surface area contributed by atoms with Crippen LogP contribution in [0, 0.1) is 11.3 Å². The van der Waals surface area contributed by atoms with E-state index in [4.69, 9.17) is 0 Å². The van der Waals surface area contributed by atoms with E-state index in [9.17, 15) is 5.26 Å². The van der Waals surface area contributed by atoms with Gasteiger partial charge in [0.25, 0.3) is 0 Å². The summed E-state index contributed by atoms with van der Waals surface area (Å²) in [6.45, 7) is 7.86. The Morgan fingerprint density at radius 3 is 2.76 bits per heavy atom. The summed E-state index contributed by atoms with van der Waals surface area (Å²) < 4.78 is 0. The monoisotopic (exact) mass is 291 g/mol. The number of rotatable bonds is 5. The van der Waals surface area contributed by atoms with Crippen LogP contribution in [0.3, 0.4) is 0 Å². The van der Waals surface area contributed by atoms with Crippen LogP contribution in [-0.4, -0.2) is 35.1 Å². The zero-order valence-electron chi connectivity index (χ0n) is 14.2. The summed E-state index contributed by atoms with van der Waals surface area (Å²) in [6.07, 6.45) is 11.2. The summed E-state index contributed by atoms with van der Waals surface area (Å²) in [5, 5.41) is 13.3. The van der Waals surface area contributed by atoms with Gasteiger partial charge < -0.3 is 0 Å². The lowest BCUT2D eigenvalue weighted by atomic mass is 9.77. The summed E-state index contributed by atoms with van der Waals surface area (Å²) in [7, 11) is 0. The summed E-state index contributed by atoms with van der Waals surface area (Å²) >= 11 is 0. The van der Waals surface area contributed by atoms with Crippen molar-refractivity contribution in [3.8, 4) is 6.07 Å². The number of nitrogens with zero attached hydrogens (tertiary/aromatic N) is 2. The number of nitriles is 1. The molecule has 3 nitrogen and oxygen atoms in total. The number of likely N-dealkylation sites (tertiary alicyclic amines) is 1. The highest BCUT2D eigenvalue weighted by Gasteiger charge is 2.40. The molecule has 1 aliphatic carbocycles. The van der Waals surface area contributed by atoms with Crippen molar-refractivity contribution in [2.75, 3.05) is 6.54 Å². The fourth-order valence-corrected chi connectivity index (χ4v) is 4.49. The molecule has 3 unspecified atom stereocenters. The van der Waals surface area contributed by atoms with Crippen LogP contribution >= 0.6 is 0 Å². The Morgan fingerprint density at radius 2 is 2.10 bits per heavy atom. The first-order chi connectivity index (χ1) is 10.1. The molecule has 0 aromatic heterocycles. The molecule has 21 heavy (non-hydrogen) atoms. The molecule has 1 heterocycles. The highest BCUT2D eigenvalue weighted by atomic mass is 15.2. The highest BCUT2D eigenvalue weighted by molar-refractivity contribution is 5.12. The van der Waals surface area contributed by atoms with Crippen LogP contribution < -0.4 is 5.32 Å². The molecule has 0 radical (unpaired) electrons. The SMILES string of the molecule is CCCC1CCCCN1C1CCCC(C#N)(NC(C)C)C1. The maximum Gasteiger partial charge on any atom is 0.108 e. The zero-order chi connectivity index (χ0) is 15.3. The van der Waals surface area contributed by atoms with E-state index in [1.807, 2.05) is 0 Å². The van der Waals surface area contributed by atoms with Crippen molar-refractivity contribution >= 4 is 0 Å². The predicted octanol–water partition coefficient (Wildman–Crippen LogP) is 3.84. The maximum atomic E-state index is 9.74. The molecule has 0 aromatic rings. The standard InChI is InChI=1S/C18H33N3/c1-4-8-16-9-5-6-12-21(16)17-10-7-11-18(13-17,14-19)20-15(2)3/h15-17,20H,4-13H2,1-3H3. The molecular formula is C18H33N3. The first-order valence-electron chi connectivity index (χ1n) is 9.05. The Hall–Kier alpha value is -0.590. The Kier molecular flexibility index (Phi) is 6.08. The van der Waals surface area contributed by atoms with E-state index in [2.05, 4.69) is 37.1 Å². The first kappa shape index (κ1) is 16.8. The third-order valence-corrected chi connectivity index (χ3v) is 5.27. The number of nitrogens with one attached hydrogen (secondary N) is 1. The van der Waals surface area contributed by atoms with Crippen molar-refractivity contribution in [3.63, 3.8) is 0 Å². The quantitative estimate of drug-likeness (QED) is 0.836. The van der Waals surface area contributed by atoms with Crippen LogP contribution in [0.2, 0.25) is 0 Å². The lowest BCUT2D eigenvalue weighted by Crippen LogP contribution is -2.57. The van der Waals surface area contributed by atoms with E-state index in [1.54, 1.807) is 0 Å². The third-order valence-electron chi connectivity index (χ3n) is 5.27. The van der Waals surface area contributed by atoms with Gasteiger partial charge in [-0.15, -0.1) is 0 Å². The maximum absolute atomic E-state index is 9.74. The van der Waals surface area contributed by atoms with Crippen LogP contribution in [0.4, 0.5) is 0 Å². The Morgan fingerprint density at radius 1 is 1.29 bits per heavy atom. The minimum absolute atomic E-state index is 0.286. The van der Waals surface area contributed by atoms with Gasteiger partial charge in [0.1, 0.15) is 5.54 Å². The Labute approximate surface area is 131 Å². The molecule has 2 aliphatic rings. The van der Waals surface area contributed by atoms with Crippen molar-refractivity contribution in [1.29, 1.82) is 5.26 Å². The average molecular weight is 291 g/mol. The van der Waals surface area contributed by atoms with Crippen molar-refractivity contribution in [2.45, 2.75) is 102 Å². The summed E-state index contributed by atoms with van der Waals surface area (Å²) in [6, 6.07) is 4.39. The van der Waals surface area contributed by atoms with Gasteiger partial charge in [-0.1, -0.05) is 19.8 Å². The molecule has 1 aliphatic heterocycles. The van der Waals surface area contributed by atoms with E-state index in [0.29, 0.717) is 12.1 Å². The molecule has 1 saturated carbocycles. The lowest BCUT2D eigenvalue weighted by molar-refractivity contribution is 0.0482. The minimum atomic E-state index is -0.286. The molecule has 3 heteroatoms. The molecule has 2 fully saturated rings. The van der Waals surface area contributed by atoms with Gasteiger partial charge in [0.15, 0.2) is 0 Å². The number of hydrogen-bond donors (Lipinski definition) is 1. The lowest BCUT2D eigenvalue weighted by Gasteiger charge is -2.47. The zero-order valence-corrected chi connectivity index (χ0v) is 14.2. The third kappa shape index (κ3) is 4.20. The molecule has 2 rings (SSSR count). The van der Waals surface area contributed by atoms with Crippen LogP contribution in [0.25, 0.3) is 0 Å². The summed E-state index contributed by atoms with van der Waals surface area (Å²) in [5.41, 5.74) is -0.286. The van der Waals surface area contributed by atoms with Gasteiger partial charge >= 0.3 is 0 Å². The van der Waals surface area contributed by atoms with E-state index in [1.165, 1.54) is 51.5 Å².